The molecule has 208 valence electrons. The summed E-state index contributed by atoms with van der Waals surface area (Å²) in [7, 11) is 8.01. The van der Waals surface area contributed by atoms with Crippen LogP contribution in [0.5, 0.6) is 23.0 Å². The summed E-state index contributed by atoms with van der Waals surface area (Å²) in [6.45, 7) is 2.47. The fourth-order valence-electron chi connectivity index (χ4n) is 4.36. The van der Waals surface area contributed by atoms with Crippen molar-refractivity contribution in [2.24, 2.45) is 0 Å². The van der Waals surface area contributed by atoms with Crippen molar-refractivity contribution in [1.82, 2.24) is 30.1 Å². The number of ether oxygens (including phenoxy) is 5. The zero-order valence-corrected chi connectivity index (χ0v) is 22.9. The summed E-state index contributed by atoms with van der Waals surface area (Å²) in [4.78, 5) is 18.2. The topological polar surface area (TPSA) is 126 Å². The number of pyridine rings is 1. The highest BCUT2D eigenvalue weighted by Crippen LogP contribution is 2.31. The van der Waals surface area contributed by atoms with Crippen molar-refractivity contribution >= 4 is 10.9 Å². The van der Waals surface area contributed by atoms with Crippen LogP contribution in [0.15, 0.2) is 41.2 Å². The number of hydrogen-bond donors (Lipinski definition) is 1. The Bertz CT molecular complexity index is 1450. The first-order valence-electron chi connectivity index (χ1n) is 12.4. The standard InChI is InChI=1S/C27H34N6O6/c1-35-11-10-33-26(29-30-31-33)17-32(9-8-18-6-7-22(36-2)23(12-18)37-3)16-20-13-19-14-24(38-4)25(39-5)15-21(19)28-27(20)34/h6-7,12-15H,8-11,16-17H2,1-5H3,(H,28,34). The van der Waals surface area contributed by atoms with Crippen molar-refractivity contribution in [3.63, 3.8) is 0 Å². The normalized spacial score (nSPS) is 11.2. The van der Waals surface area contributed by atoms with Crippen LogP contribution in [0.25, 0.3) is 10.9 Å². The summed E-state index contributed by atoms with van der Waals surface area (Å²) >= 11 is 0. The number of aromatic nitrogens is 5. The second-order valence-electron chi connectivity index (χ2n) is 8.88. The van der Waals surface area contributed by atoms with Gasteiger partial charge in [-0.1, -0.05) is 6.07 Å². The fraction of sp³-hybridized carbons (Fsp3) is 0.407. The van der Waals surface area contributed by atoms with Gasteiger partial charge in [-0.2, -0.15) is 0 Å². The Morgan fingerprint density at radius 3 is 2.31 bits per heavy atom. The molecule has 0 saturated carbocycles. The van der Waals surface area contributed by atoms with E-state index in [9.17, 15) is 4.79 Å². The van der Waals surface area contributed by atoms with E-state index >= 15 is 0 Å². The molecule has 12 nitrogen and oxygen atoms in total. The van der Waals surface area contributed by atoms with Crippen molar-refractivity contribution in [3.8, 4) is 23.0 Å². The van der Waals surface area contributed by atoms with Crippen LogP contribution in [0.3, 0.4) is 0 Å². The first-order chi connectivity index (χ1) is 19.0. The number of methoxy groups -OCH3 is 5. The second kappa shape index (κ2) is 13.1. The lowest BCUT2D eigenvalue weighted by Crippen LogP contribution is -2.30. The van der Waals surface area contributed by atoms with Crippen LogP contribution in [0.1, 0.15) is 17.0 Å². The molecule has 0 amide bonds. The predicted octanol–water partition coefficient (Wildman–Crippen LogP) is 2.44. The number of nitrogens with one attached hydrogen (secondary N) is 1. The lowest BCUT2D eigenvalue weighted by Gasteiger charge is -2.22. The Morgan fingerprint density at radius 2 is 1.59 bits per heavy atom. The number of fused-ring (bicyclic) bond motifs is 1. The third-order valence-corrected chi connectivity index (χ3v) is 6.46. The van der Waals surface area contributed by atoms with E-state index in [1.807, 2.05) is 30.3 Å². The predicted molar refractivity (Wildman–Crippen MR) is 145 cm³/mol. The number of rotatable bonds is 14. The molecule has 0 aliphatic rings. The smallest absolute Gasteiger partial charge is 0.252 e. The molecule has 0 atom stereocenters. The molecule has 0 bridgehead atoms. The van der Waals surface area contributed by atoms with Crippen molar-refractivity contribution in [2.75, 3.05) is 48.7 Å². The van der Waals surface area contributed by atoms with Gasteiger partial charge in [0.1, 0.15) is 0 Å². The summed E-state index contributed by atoms with van der Waals surface area (Å²) in [5, 5.41) is 13.0. The number of hydrogen-bond acceptors (Lipinski definition) is 10. The number of tetrazole rings is 1. The lowest BCUT2D eigenvalue weighted by atomic mass is 10.1. The van der Waals surface area contributed by atoms with E-state index in [4.69, 9.17) is 23.7 Å². The summed E-state index contributed by atoms with van der Waals surface area (Å²) in [6, 6.07) is 11.4. The van der Waals surface area contributed by atoms with E-state index in [1.54, 1.807) is 46.3 Å². The SMILES string of the molecule is COCCn1nnnc1CN(CCc1ccc(OC)c(OC)c1)Cc1cc2cc(OC)c(OC)cc2[nH]c1=O. The van der Waals surface area contributed by atoms with E-state index in [-0.39, 0.29) is 5.56 Å². The Kier molecular flexibility index (Phi) is 9.34. The molecule has 4 rings (SSSR count). The van der Waals surface area contributed by atoms with Crippen LogP contribution in [0.2, 0.25) is 0 Å². The zero-order valence-electron chi connectivity index (χ0n) is 22.9. The Balaban J connectivity index is 1.63. The highest BCUT2D eigenvalue weighted by Gasteiger charge is 2.17. The van der Waals surface area contributed by atoms with Crippen LogP contribution in [-0.4, -0.2) is 78.8 Å². The molecule has 0 radical (unpaired) electrons. The molecule has 0 aliphatic carbocycles. The van der Waals surface area contributed by atoms with Gasteiger partial charge in [-0.25, -0.2) is 4.68 Å². The van der Waals surface area contributed by atoms with Crippen LogP contribution in [0.4, 0.5) is 0 Å². The molecular weight excluding hydrogens is 504 g/mol. The second-order valence-corrected chi connectivity index (χ2v) is 8.88. The molecule has 2 heterocycles. The van der Waals surface area contributed by atoms with Gasteiger partial charge in [0.15, 0.2) is 28.8 Å². The summed E-state index contributed by atoms with van der Waals surface area (Å²) < 4.78 is 28.6. The Labute approximate surface area is 226 Å². The maximum absolute atomic E-state index is 13.1. The molecule has 0 aliphatic heterocycles. The van der Waals surface area contributed by atoms with Crippen LogP contribution >= 0.6 is 0 Å². The van der Waals surface area contributed by atoms with E-state index in [1.165, 1.54) is 0 Å². The van der Waals surface area contributed by atoms with Gasteiger partial charge in [0.2, 0.25) is 0 Å². The molecule has 2 aromatic heterocycles. The van der Waals surface area contributed by atoms with E-state index in [0.717, 1.165) is 10.9 Å². The van der Waals surface area contributed by atoms with Crippen LogP contribution in [-0.2, 0) is 30.8 Å². The van der Waals surface area contributed by atoms with Crippen LogP contribution < -0.4 is 24.5 Å². The Morgan fingerprint density at radius 1 is 0.872 bits per heavy atom. The molecule has 0 fully saturated rings. The molecule has 0 unspecified atom stereocenters. The molecule has 12 heteroatoms. The summed E-state index contributed by atoms with van der Waals surface area (Å²) in [5.74, 6) is 3.16. The van der Waals surface area contributed by atoms with Crippen LogP contribution in [0, 0.1) is 0 Å². The van der Waals surface area contributed by atoms with Crippen molar-refractivity contribution in [1.29, 1.82) is 0 Å². The minimum atomic E-state index is -0.176. The molecule has 0 spiro atoms. The monoisotopic (exact) mass is 538 g/mol. The maximum atomic E-state index is 13.1. The van der Waals surface area contributed by atoms with Gasteiger partial charge < -0.3 is 28.7 Å². The number of aromatic amines is 1. The highest BCUT2D eigenvalue weighted by molar-refractivity contribution is 5.83. The summed E-state index contributed by atoms with van der Waals surface area (Å²) in [5.41, 5.74) is 2.17. The third kappa shape index (κ3) is 6.65. The third-order valence-electron chi connectivity index (χ3n) is 6.46. The van der Waals surface area contributed by atoms with Gasteiger partial charge in [0.25, 0.3) is 5.56 Å². The summed E-state index contributed by atoms with van der Waals surface area (Å²) in [6.07, 6.45) is 0.705. The van der Waals surface area contributed by atoms with Gasteiger partial charge in [0.05, 0.1) is 53.7 Å². The van der Waals surface area contributed by atoms with Gasteiger partial charge in [-0.05, 0) is 46.7 Å². The molecule has 1 N–H and O–H groups in total. The maximum Gasteiger partial charge on any atom is 0.252 e. The number of H-pyrrole nitrogens is 1. The number of benzene rings is 2. The Hall–Kier alpha value is -4.16. The first kappa shape index (κ1) is 27.9. The molecule has 0 saturated heterocycles. The van der Waals surface area contributed by atoms with E-state index < -0.39 is 0 Å². The molecule has 2 aromatic carbocycles. The first-order valence-corrected chi connectivity index (χ1v) is 12.4. The van der Waals surface area contributed by atoms with Crippen molar-refractivity contribution < 1.29 is 23.7 Å². The average Bonchev–Trinajstić information content (AvgIpc) is 3.40. The quantitative estimate of drug-likeness (QED) is 0.256. The molecular formula is C27H34N6O6. The van der Waals surface area contributed by atoms with E-state index in [2.05, 4.69) is 25.4 Å². The van der Waals surface area contributed by atoms with Crippen molar-refractivity contribution in [3.05, 3.63) is 63.7 Å². The zero-order chi connectivity index (χ0) is 27.8. The van der Waals surface area contributed by atoms with Gasteiger partial charge in [-0.3, -0.25) is 9.69 Å². The van der Waals surface area contributed by atoms with Gasteiger partial charge in [-0.15, -0.1) is 5.10 Å². The van der Waals surface area contributed by atoms with Crippen molar-refractivity contribution in [2.45, 2.75) is 26.1 Å². The molecule has 4 aromatic rings. The molecule has 39 heavy (non-hydrogen) atoms. The van der Waals surface area contributed by atoms with E-state index in [0.29, 0.717) is 79.1 Å². The van der Waals surface area contributed by atoms with Gasteiger partial charge in [0, 0.05) is 37.2 Å². The number of nitrogens with zero attached hydrogens (tertiary/aromatic N) is 5. The average molecular weight is 539 g/mol. The largest absolute Gasteiger partial charge is 0.493 e. The minimum absolute atomic E-state index is 0.176. The fourth-order valence-corrected chi connectivity index (χ4v) is 4.36. The van der Waals surface area contributed by atoms with Gasteiger partial charge >= 0.3 is 0 Å². The lowest BCUT2D eigenvalue weighted by molar-refractivity contribution is 0.178. The highest BCUT2D eigenvalue weighted by atomic mass is 16.5. The minimum Gasteiger partial charge on any atom is -0.493 e.